The third kappa shape index (κ3) is 2.99. The molecule has 17 heavy (non-hydrogen) atoms. The second-order valence-corrected chi connectivity index (χ2v) is 5.73. The number of aliphatic carboxylic acids is 1. The Hall–Kier alpha value is -1.06. The molecule has 1 amide bonds. The molecule has 2 aliphatic rings. The van der Waals surface area contributed by atoms with E-state index in [1.807, 2.05) is 4.90 Å². The first-order chi connectivity index (χ1) is 8.00. The van der Waals surface area contributed by atoms with Gasteiger partial charge in [-0.25, -0.2) is 0 Å². The molecule has 0 bridgehead atoms. The Bertz CT molecular complexity index is 323. The zero-order valence-electron chi connectivity index (χ0n) is 10.6. The summed E-state index contributed by atoms with van der Waals surface area (Å²) < 4.78 is 0. The van der Waals surface area contributed by atoms with Gasteiger partial charge in [-0.1, -0.05) is 13.8 Å². The highest BCUT2D eigenvalue weighted by atomic mass is 16.4. The van der Waals surface area contributed by atoms with Gasteiger partial charge in [-0.3, -0.25) is 9.59 Å². The number of nitrogens with zero attached hydrogens (tertiary/aromatic N) is 1. The van der Waals surface area contributed by atoms with Gasteiger partial charge in [0.25, 0.3) is 0 Å². The van der Waals surface area contributed by atoms with Gasteiger partial charge < -0.3 is 10.0 Å². The second-order valence-electron chi connectivity index (χ2n) is 5.73. The topological polar surface area (TPSA) is 57.6 Å². The number of hydrogen-bond donors (Lipinski definition) is 1. The number of carboxylic acid groups (broad SMARTS) is 1. The van der Waals surface area contributed by atoms with E-state index in [-0.39, 0.29) is 11.8 Å². The van der Waals surface area contributed by atoms with Crippen LogP contribution in [0.4, 0.5) is 0 Å². The third-order valence-electron chi connectivity index (χ3n) is 3.64. The lowest BCUT2D eigenvalue weighted by atomic mass is 10.1. The number of carbonyl (C=O) groups excluding carboxylic acids is 1. The summed E-state index contributed by atoms with van der Waals surface area (Å²) in [6.07, 6.45) is 3.73. The molecule has 0 aromatic rings. The Morgan fingerprint density at radius 2 is 1.94 bits per heavy atom. The van der Waals surface area contributed by atoms with Crippen LogP contribution < -0.4 is 0 Å². The first-order valence-electron chi connectivity index (χ1n) is 6.54. The van der Waals surface area contributed by atoms with Crippen molar-refractivity contribution in [2.24, 2.45) is 17.8 Å². The van der Waals surface area contributed by atoms with Crippen LogP contribution in [-0.4, -0.2) is 34.5 Å². The van der Waals surface area contributed by atoms with E-state index < -0.39 is 11.9 Å². The van der Waals surface area contributed by atoms with Gasteiger partial charge in [-0.15, -0.1) is 0 Å². The van der Waals surface area contributed by atoms with Crippen LogP contribution in [0.2, 0.25) is 0 Å². The van der Waals surface area contributed by atoms with Crippen molar-refractivity contribution < 1.29 is 14.7 Å². The van der Waals surface area contributed by atoms with Crippen LogP contribution in [0.3, 0.4) is 0 Å². The van der Waals surface area contributed by atoms with Crippen LogP contribution in [0.1, 0.15) is 39.5 Å². The minimum Gasteiger partial charge on any atom is -0.481 e. The predicted octanol–water partition coefficient (Wildman–Crippen LogP) is 1.74. The van der Waals surface area contributed by atoms with Gasteiger partial charge in [0.15, 0.2) is 0 Å². The normalized spacial score (nSPS) is 27.0. The van der Waals surface area contributed by atoms with E-state index in [1.165, 1.54) is 0 Å². The average Bonchev–Trinajstić information content (AvgIpc) is 3.11. The van der Waals surface area contributed by atoms with Crippen molar-refractivity contribution in [3.8, 4) is 0 Å². The highest BCUT2D eigenvalue weighted by Gasteiger charge is 2.51. The lowest BCUT2D eigenvalue weighted by molar-refractivity contribution is -0.142. The van der Waals surface area contributed by atoms with E-state index in [4.69, 9.17) is 5.11 Å². The monoisotopic (exact) mass is 239 g/mol. The van der Waals surface area contributed by atoms with E-state index in [0.29, 0.717) is 18.4 Å². The van der Waals surface area contributed by atoms with Crippen LogP contribution >= 0.6 is 0 Å². The summed E-state index contributed by atoms with van der Waals surface area (Å²) in [6, 6.07) is 0.399. The average molecular weight is 239 g/mol. The lowest BCUT2D eigenvalue weighted by Gasteiger charge is -2.23. The van der Waals surface area contributed by atoms with Gasteiger partial charge in [-0.05, 0) is 31.6 Å². The Labute approximate surface area is 102 Å². The minimum atomic E-state index is -0.817. The summed E-state index contributed by atoms with van der Waals surface area (Å²) in [5, 5.41) is 8.86. The number of carbonyl (C=O) groups is 2. The van der Waals surface area contributed by atoms with E-state index >= 15 is 0 Å². The molecular formula is C13H21NO3. The number of rotatable bonds is 6. The number of amides is 1. The molecule has 4 nitrogen and oxygen atoms in total. The Balaban J connectivity index is 1.88. The molecule has 96 valence electrons. The first-order valence-corrected chi connectivity index (χ1v) is 6.54. The van der Waals surface area contributed by atoms with Gasteiger partial charge in [0.05, 0.1) is 11.8 Å². The third-order valence-corrected chi connectivity index (χ3v) is 3.64. The van der Waals surface area contributed by atoms with Gasteiger partial charge in [0.1, 0.15) is 0 Å². The molecule has 0 spiro atoms. The molecule has 2 aliphatic carbocycles. The summed E-state index contributed by atoms with van der Waals surface area (Å²) in [7, 11) is 0. The molecule has 4 heteroatoms. The molecule has 1 N–H and O–H groups in total. The maximum Gasteiger partial charge on any atom is 0.307 e. The molecule has 0 aliphatic heterocycles. The van der Waals surface area contributed by atoms with Crippen molar-refractivity contribution in [1.29, 1.82) is 0 Å². The fourth-order valence-electron chi connectivity index (χ4n) is 2.21. The number of hydrogen-bond acceptors (Lipinski definition) is 2. The maximum atomic E-state index is 12.2. The largest absolute Gasteiger partial charge is 0.481 e. The number of carboxylic acids is 1. The lowest BCUT2D eigenvalue weighted by Crippen LogP contribution is -2.36. The standard InChI is InChI=1S/C13H21NO3/c1-8(2)5-6-14(9-3-4-9)12(15)10-7-11(10)13(16)17/h8-11H,3-7H2,1-2H3,(H,16,17). The van der Waals surface area contributed by atoms with Crippen LogP contribution in [0.25, 0.3) is 0 Å². The van der Waals surface area contributed by atoms with Crippen LogP contribution in [-0.2, 0) is 9.59 Å². The Kier molecular flexibility index (Phi) is 3.40. The zero-order chi connectivity index (χ0) is 12.6. The van der Waals surface area contributed by atoms with Gasteiger partial charge in [0.2, 0.25) is 5.91 Å². The highest BCUT2D eigenvalue weighted by Crippen LogP contribution is 2.42. The molecule has 0 aromatic carbocycles. The first kappa shape index (κ1) is 12.4. The second kappa shape index (κ2) is 4.67. The summed E-state index contributed by atoms with van der Waals surface area (Å²) in [6.45, 7) is 5.09. The van der Waals surface area contributed by atoms with E-state index in [1.54, 1.807) is 0 Å². The fourth-order valence-corrected chi connectivity index (χ4v) is 2.21. The van der Waals surface area contributed by atoms with Gasteiger partial charge in [-0.2, -0.15) is 0 Å². The van der Waals surface area contributed by atoms with Crippen LogP contribution in [0.5, 0.6) is 0 Å². The van der Waals surface area contributed by atoms with Crippen molar-refractivity contribution >= 4 is 11.9 Å². The van der Waals surface area contributed by atoms with Gasteiger partial charge in [0, 0.05) is 12.6 Å². The Morgan fingerprint density at radius 3 is 2.35 bits per heavy atom. The van der Waals surface area contributed by atoms with Crippen molar-refractivity contribution in [3.05, 3.63) is 0 Å². The van der Waals surface area contributed by atoms with Crippen molar-refractivity contribution in [3.63, 3.8) is 0 Å². The van der Waals surface area contributed by atoms with Crippen molar-refractivity contribution in [2.75, 3.05) is 6.54 Å². The Morgan fingerprint density at radius 1 is 1.29 bits per heavy atom. The van der Waals surface area contributed by atoms with Gasteiger partial charge >= 0.3 is 5.97 Å². The quantitative estimate of drug-likeness (QED) is 0.768. The minimum absolute atomic E-state index is 0.0838. The highest BCUT2D eigenvalue weighted by molar-refractivity contribution is 5.89. The van der Waals surface area contributed by atoms with Crippen LogP contribution in [0, 0.1) is 17.8 Å². The molecule has 0 heterocycles. The molecule has 0 aromatic heterocycles. The SMILES string of the molecule is CC(C)CCN(C(=O)C1CC1C(=O)O)C1CC1. The molecule has 2 rings (SSSR count). The van der Waals surface area contributed by atoms with E-state index in [2.05, 4.69) is 13.8 Å². The van der Waals surface area contributed by atoms with E-state index in [0.717, 1.165) is 25.8 Å². The summed E-state index contributed by atoms with van der Waals surface area (Å²) in [5.41, 5.74) is 0. The molecule has 0 saturated heterocycles. The van der Waals surface area contributed by atoms with Crippen LogP contribution in [0.15, 0.2) is 0 Å². The summed E-state index contributed by atoms with van der Waals surface area (Å²) in [4.78, 5) is 24.9. The van der Waals surface area contributed by atoms with E-state index in [9.17, 15) is 9.59 Å². The smallest absolute Gasteiger partial charge is 0.307 e. The molecular weight excluding hydrogens is 218 g/mol. The van der Waals surface area contributed by atoms with Crippen molar-refractivity contribution in [2.45, 2.75) is 45.6 Å². The summed E-state index contributed by atoms with van der Waals surface area (Å²) >= 11 is 0. The zero-order valence-corrected chi connectivity index (χ0v) is 10.6. The summed E-state index contributed by atoms with van der Waals surface area (Å²) in [5.74, 6) is -0.801. The molecule has 0 radical (unpaired) electrons. The van der Waals surface area contributed by atoms with Crippen molar-refractivity contribution in [1.82, 2.24) is 4.90 Å². The fraction of sp³-hybridized carbons (Fsp3) is 0.846. The maximum absolute atomic E-state index is 12.2. The molecule has 2 saturated carbocycles. The molecule has 2 fully saturated rings. The predicted molar refractivity (Wildman–Crippen MR) is 63.4 cm³/mol. The molecule has 2 unspecified atom stereocenters. The molecule has 2 atom stereocenters.